The highest BCUT2D eigenvalue weighted by Gasteiger charge is 2.21. The summed E-state index contributed by atoms with van der Waals surface area (Å²) in [6.45, 7) is 2.19. The third-order valence-corrected chi connectivity index (χ3v) is 4.49. The molecule has 2 aromatic rings. The van der Waals surface area contributed by atoms with Gasteiger partial charge in [0, 0.05) is 22.5 Å². The maximum Gasteiger partial charge on any atom is 0.0574 e. The van der Waals surface area contributed by atoms with Gasteiger partial charge in [-0.2, -0.15) is 0 Å². The van der Waals surface area contributed by atoms with E-state index in [2.05, 4.69) is 35.9 Å². The fraction of sp³-hybridized carbons (Fsp3) is 0.429. The van der Waals surface area contributed by atoms with Gasteiger partial charge in [0.25, 0.3) is 0 Å². The lowest BCUT2D eigenvalue weighted by Crippen LogP contribution is -2.15. The second-order valence-corrected chi connectivity index (χ2v) is 6.03. The van der Waals surface area contributed by atoms with Gasteiger partial charge in [0.2, 0.25) is 0 Å². The summed E-state index contributed by atoms with van der Waals surface area (Å²) in [5, 5.41) is 1.21. The first-order valence-corrected chi connectivity index (χ1v) is 7.31. The molecular weight excluding hydrogens is 228 g/mol. The topological polar surface area (TPSA) is 30.9 Å². The molecule has 17 heavy (non-hydrogen) atoms. The van der Waals surface area contributed by atoms with Crippen molar-refractivity contribution in [2.45, 2.75) is 37.1 Å². The Morgan fingerprint density at radius 2 is 2.24 bits per heavy atom. The van der Waals surface area contributed by atoms with Crippen molar-refractivity contribution in [2.24, 2.45) is 0 Å². The summed E-state index contributed by atoms with van der Waals surface area (Å²) in [5.41, 5.74) is 8.32. The quantitative estimate of drug-likeness (QED) is 0.828. The van der Waals surface area contributed by atoms with Crippen molar-refractivity contribution >= 4 is 28.4 Å². The molecule has 3 rings (SSSR count). The minimum atomic E-state index is 0.677. The smallest absolute Gasteiger partial charge is 0.0574 e. The maximum absolute atomic E-state index is 6.09. The fourth-order valence-corrected chi connectivity index (χ4v) is 3.17. The lowest BCUT2D eigenvalue weighted by molar-refractivity contribution is 0.322. The predicted octanol–water partition coefficient (Wildman–Crippen LogP) is 4.06. The van der Waals surface area contributed by atoms with Gasteiger partial charge in [0.1, 0.15) is 0 Å². The van der Waals surface area contributed by atoms with Crippen molar-refractivity contribution in [3.63, 3.8) is 0 Å². The van der Waals surface area contributed by atoms with Gasteiger partial charge in [-0.1, -0.05) is 6.92 Å². The predicted molar refractivity (Wildman–Crippen MR) is 75.6 cm³/mol. The lowest BCUT2D eigenvalue weighted by atomic mass is 9.93. The molecule has 1 heterocycles. The van der Waals surface area contributed by atoms with E-state index in [9.17, 15) is 0 Å². The molecule has 0 saturated heterocycles. The molecule has 0 bridgehead atoms. The van der Waals surface area contributed by atoms with Crippen LogP contribution >= 0.6 is 11.8 Å². The first kappa shape index (κ1) is 11.0. The van der Waals surface area contributed by atoms with E-state index in [-0.39, 0.29) is 0 Å². The van der Waals surface area contributed by atoms with E-state index in [0.29, 0.717) is 6.04 Å². The van der Waals surface area contributed by atoms with Crippen LogP contribution in [0.3, 0.4) is 0 Å². The molecule has 0 spiro atoms. The minimum Gasteiger partial charge on any atom is -0.397 e. The van der Waals surface area contributed by atoms with Crippen LogP contribution in [0.25, 0.3) is 10.9 Å². The average Bonchev–Trinajstić information content (AvgIpc) is 2.55. The number of hydrogen-bond donors (Lipinski definition) is 1. The van der Waals surface area contributed by atoms with Gasteiger partial charge in [0.05, 0.1) is 11.2 Å². The molecule has 1 saturated carbocycles. The highest BCUT2D eigenvalue weighted by Crippen LogP contribution is 2.37. The Morgan fingerprint density at radius 3 is 2.88 bits per heavy atom. The minimum absolute atomic E-state index is 0.677. The summed E-state index contributed by atoms with van der Waals surface area (Å²) >= 11 is 1.89. The molecule has 90 valence electrons. The zero-order valence-electron chi connectivity index (χ0n) is 10.1. The Hall–Kier alpha value is -1.09. The molecular formula is C14H18N2S. The molecule has 0 radical (unpaired) electrons. The molecule has 0 amide bonds. The monoisotopic (exact) mass is 246 g/mol. The molecule has 0 atom stereocenters. The number of thioether (sulfide) groups is 1. The third kappa shape index (κ3) is 1.82. The van der Waals surface area contributed by atoms with E-state index in [4.69, 9.17) is 5.73 Å². The summed E-state index contributed by atoms with van der Waals surface area (Å²) in [6, 6.07) is 7.31. The van der Waals surface area contributed by atoms with Crippen LogP contribution in [-0.2, 0) is 0 Å². The second kappa shape index (κ2) is 4.30. The number of nitrogens with two attached hydrogens (primary N) is 1. The number of anilines is 1. The van der Waals surface area contributed by atoms with Crippen LogP contribution < -0.4 is 5.73 Å². The molecule has 3 heteroatoms. The number of rotatable bonds is 3. The molecule has 1 aromatic carbocycles. The van der Waals surface area contributed by atoms with Crippen LogP contribution in [0, 0.1) is 0 Å². The van der Waals surface area contributed by atoms with Crippen molar-refractivity contribution in [3.8, 4) is 0 Å². The largest absolute Gasteiger partial charge is 0.397 e. The van der Waals surface area contributed by atoms with Crippen LogP contribution in [-0.4, -0.2) is 10.3 Å². The van der Waals surface area contributed by atoms with E-state index >= 15 is 0 Å². The van der Waals surface area contributed by atoms with Gasteiger partial charge in [-0.25, -0.2) is 0 Å². The fourth-order valence-electron chi connectivity index (χ4n) is 2.48. The van der Waals surface area contributed by atoms with Gasteiger partial charge >= 0.3 is 0 Å². The molecule has 1 aliphatic carbocycles. The normalized spacial score (nSPS) is 16.3. The number of hydrogen-bond acceptors (Lipinski definition) is 2. The summed E-state index contributed by atoms with van der Waals surface area (Å²) in [5.74, 6) is 1.12. The Balaban J connectivity index is 2.10. The molecule has 1 aromatic heterocycles. The first-order valence-electron chi connectivity index (χ1n) is 6.32. The average molecular weight is 246 g/mol. The number of nitrogens with zero attached hydrogens (tertiary/aromatic N) is 1. The molecule has 0 unspecified atom stereocenters. The van der Waals surface area contributed by atoms with Crippen LogP contribution in [0.15, 0.2) is 29.3 Å². The molecule has 2 N–H and O–H groups in total. The lowest BCUT2D eigenvalue weighted by Gasteiger charge is -2.28. The van der Waals surface area contributed by atoms with Gasteiger partial charge < -0.3 is 10.3 Å². The van der Waals surface area contributed by atoms with Crippen LogP contribution in [0.2, 0.25) is 0 Å². The van der Waals surface area contributed by atoms with Crippen molar-refractivity contribution < 1.29 is 0 Å². The summed E-state index contributed by atoms with van der Waals surface area (Å²) in [6.07, 6.45) is 6.07. The number of fused-ring (bicyclic) bond motifs is 1. The van der Waals surface area contributed by atoms with Gasteiger partial charge in [-0.05, 0) is 43.2 Å². The van der Waals surface area contributed by atoms with E-state index < -0.39 is 0 Å². The second-order valence-electron chi connectivity index (χ2n) is 4.69. The number of nitrogen functional groups attached to an aromatic ring is 1. The molecule has 1 aliphatic rings. The third-order valence-electron chi connectivity index (χ3n) is 3.62. The zero-order valence-corrected chi connectivity index (χ0v) is 11.0. The maximum atomic E-state index is 6.09. The van der Waals surface area contributed by atoms with E-state index in [1.54, 1.807) is 0 Å². The Kier molecular flexibility index (Phi) is 2.79. The SMILES string of the molecule is CCSc1ccc2c(N)cn(C3CCC3)c2c1. The summed E-state index contributed by atoms with van der Waals surface area (Å²) in [4.78, 5) is 1.35. The van der Waals surface area contributed by atoms with Crippen LogP contribution in [0.5, 0.6) is 0 Å². The van der Waals surface area contributed by atoms with E-state index in [1.165, 1.54) is 35.1 Å². The molecule has 2 nitrogen and oxygen atoms in total. The van der Waals surface area contributed by atoms with Crippen LogP contribution in [0.1, 0.15) is 32.2 Å². The van der Waals surface area contributed by atoms with E-state index in [0.717, 1.165) is 11.4 Å². The Bertz CT molecular complexity index is 540. The van der Waals surface area contributed by atoms with Gasteiger partial charge in [-0.3, -0.25) is 0 Å². The first-order chi connectivity index (χ1) is 8.29. The van der Waals surface area contributed by atoms with Crippen molar-refractivity contribution in [1.82, 2.24) is 4.57 Å². The molecule has 0 aliphatic heterocycles. The highest BCUT2D eigenvalue weighted by atomic mass is 32.2. The Labute approximate surface area is 106 Å². The zero-order chi connectivity index (χ0) is 11.8. The van der Waals surface area contributed by atoms with Crippen LogP contribution in [0.4, 0.5) is 5.69 Å². The summed E-state index contributed by atoms with van der Waals surface area (Å²) < 4.78 is 2.38. The number of aromatic nitrogens is 1. The molecule has 1 fully saturated rings. The van der Waals surface area contributed by atoms with Gasteiger partial charge in [0.15, 0.2) is 0 Å². The van der Waals surface area contributed by atoms with E-state index in [1.807, 2.05) is 11.8 Å². The Morgan fingerprint density at radius 1 is 1.41 bits per heavy atom. The highest BCUT2D eigenvalue weighted by molar-refractivity contribution is 7.99. The number of benzene rings is 1. The van der Waals surface area contributed by atoms with Crippen molar-refractivity contribution in [2.75, 3.05) is 11.5 Å². The van der Waals surface area contributed by atoms with Crippen molar-refractivity contribution in [1.29, 1.82) is 0 Å². The van der Waals surface area contributed by atoms with Gasteiger partial charge in [-0.15, -0.1) is 11.8 Å². The summed E-state index contributed by atoms with van der Waals surface area (Å²) in [7, 11) is 0. The standard InChI is InChI=1S/C14H18N2S/c1-2-17-11-6-7-12-13(15)9-16(14(12)8-11)10-4-3-5-10/h6-10H,2-5,15H2,1H3. The van der Waals surface area contributed by atoms with Crippen molar-refractivity contribution in [3.05, 3.63) is 24.4 Å².